The molecule has 2 aromatic carbocycles. The molecule has 0 saturated heterocycles. The van der Waals surface area contributed by atoms with Crippen LogP contribution in [0.2, 0.25) is 0 Å². The van der Waals surface area contributed by atoms with Crippen molar-refractivity contribution in [1.82, 2.24) is 5.32 Å². The number of anilines is 2. The van der Waals surface area contributed by atoms with Crippen molar-refractivity contribution in [2.75, 3.05) is 31.0 Å². The summed E-state index contributed by atoms with van der Waals surface area (Å²) in [4.78, 5) is 49.8. The molecule has 2 aromatic rings. The molecule has 0 heterocycles. The van der Waals surface area contributed by atoms with Crippen molar-refractivity contribution in [1.29, 1.82) is 0 Å². The normalized spacial score (nSPS) is 12.1. The molecule has 3 amide bonds. The summed E-state index contributed by atoms with van der Waals surface area (Å²) in [5, 5.41) is 7.99. The quantitative estimate of drug-likeness (QED) is 0.213. The molecule has 11 heteroatoms. The number of ether oxygens (including phenoxy) is 4. The highest BCUT2D eigenvalue weighted by Crippen LogP contribution is 2.17. The first kappa shape index (κ1) is 32.1. The Balaban J connectivity index is 2.11. The second-order valence-electron chi connectivity index (χ2n) is 10.9. The fourth-order valence-electron chi connectivity index (χ4n) is 3.25. The highest BCUT2D eigenvalue weighted by Gasteiger charge is 2.25. The Morgan fingerprint density at radius 3 is 1.82 bits per heavy atom. The molecule has 1 atom stereocenters. The largest absolute Gasteiger partial charge is 0.456 e. The Morgan fingerprint density at radius 2 is 1.27 bits per heavy atom. The van der Waals surface area contributed by atoms with Gasteiger partial charge in [0, 0.05) is 24.9 Å². The number of carbonyl (C=O) groups is 4. The van der Waals surface area contributed by atoms with Crippen molar-refractivity contribution in [2.45, 2.75) is 65.2 Å². The summed E-state index contributed by atoms with van der Waals surface area (Å²) in [6.07, 6.45) is -1.23. The molecular formula is C29H39N3O8. The van der Waals surface area contributed by atoms with Gasteiger partial charge >= 0.3 is 18.2 Å². The Bertz CT molecular complexity index is 1150. The van der Waals surface area contributed by atoms with Crippen molar-refractivity contribution in [3.63, 3.8) is 0 Å². The first-order valence-electron chi connectivity index (χ1n) is 12.8. The van der Waals surface area contributed by atoms with Gasteiger partial charge in [-0.25, -0.2) is 14.4 Å². The van der Waals surface area contributed by atoms with E-state index in [0.29, 0.717) is 16.9 Å². The maximum Gasteiger partial charge on any atom is 0.411 e. The fourth-order valence-corrected chi connectivity index (χ4v) is 3.25. The molecule has 11 nitrogen and oxygen atoms in total. The smallest absolute Gasteiger partial charge is 0.411 e. The van der Waals surface area contributed by atoms with Crippen LogP contribution in [0.1, 0.15) is 57.5 Å². The molecule has 3 N–H and O–H groups in total. The highest BCUT2D eigenvalue weighted by molar-refractivity contribution is 5.97. The van der Waals surface area contributed by atoms with E-state index in [4.69, 9.17) is 18.9 Å². The van der Waals surface area contributed by atoms with Crippen LogP contribution in [0.15, 0.2) is 48.5 Å². The molecule has 0 aliphatic heterocycles. The summed E-state index contributed by atoms with van der Waals surface area (Å²) in [6, 6.07) is 12.0. The topological polar surface area (TPSA) is 141 Å². The number of alkyl carbamates (subject to hydrolysis) is 1. The number of hydrogen-bond acceptors (Lipinski definition) is 8. The van der Waals surface area contributed by atoms with Gasteiger partial charge in [-0.1, -0.05) is 12.1 Å². The minimum absolute atomic E-state index is 0.122. The number of nitrogens with one attached hydrogen (secondary N) is 3. The Kier molecular flexibility index (Phi) is 11.5. The van der Waals surface area contributed by atoms with E-state index in [2.05, 4.69) is 16.0 Å². The fraction of sp³-hybridized carbons (Fsp3) is 0.448. The van der Waals surface area contributed by atoms with E-state index < -0.39 is 41.3 Å². The van der Waals surface area contributed by atoms with Gasteiger partial charge in [-0.15, -0.1) is 0 Å². The minimum Gasteiger partial charge on any atom is -0.456 e. The zero-order valence-electron chi connectivity index (χ0n) is 24.1. The van der Waals surface area contributed by atoms with Gasteiger partial charge in [-0.2, -0.15) is 0 Å². The molecule has 0 saturated carbocycles. The maximum atomic E-state index is 13.2. The third-order valence-electron chi connectivity index (χ3n) is 4.96. The molecule has 40 heavy (non-hydrogen) atoms. The minimum atomic E-state index is -0.988. The molecule has 0 aliphatic carbocycles. The van der Waals surface area contributed by atoms with Gasteiger partial charge in [0.2, 0.25) is 5.91 Å². The number of carbonyl (C=O) groups excluding carboxylic acids is 4. The Labute approximate surface area is 234 Å². The number of methoxy groups -OCH3 is 1. The molecule has 0 bridgehead atoms. The average Bonchev–Trinajstić information content (AvgIpc) is 2.83. The molecule has 2 rings (SSSR count). The average molecular weight is 558 g/mol. The van der Waals surface area contributed by atoms with Crippen molar-refractivity contribution in [3.8, 4) is 0 Å². The standard InChI is InChI=1S/C29H39N3O8/c1-28(2,3)39-25(34)20-10-14-21(15-11-20)30-24(33)23(32-27(36)40-29(4,5)6)18-19-8-12-22(13-9-19)31-26(35)38-17-16-37-7/h8-15,23H,16-18H2,1-7H3,(H,30,33)(H,31,35)(H,32,36). The van der Waals surface area contributed by atoms with Crippen LogP contribution in [0.5, 0.6) is 0 Å². The predicted molar refractivity (Wildman–Crippen MR) is 150 cm³/mol. The van der Waals surface area contributed by atoms with E-state index in [1.807, 2.05) is 0 Å². The lowest BCUT2D eigenvalue weighted by atomic mass is 10.0. The van der Waals surface area contributed by atoms with Gasteiger partial charge in [-0.3, -0.25) is 10.1 Å². The summed E-state index contributed by atoms with van der Waals surface area (Å²) in [7, 11) is 1.51. The van der Waals surface area contributed by atoms with E-state index in [-0.39, 0.29) is 19.6 Å². The van der Waals surface area contributed by atoms with Crippen LogP contribution in [0.25, 0.3) is 0 Å². The SMILES string of the molecule is COCCOC(=O)Nc1ccc(CC(NC(=O)OC(C)(C)C)C(=O)Nc2ccc(C(=O)OC(C)(C)C)cc2)cc1. The van der Waals surface area contributed by atoms with Crippen LogP contribution in [0.3, 0.4) is 0 Å². The number of rotatable bonds is 10. The highest BCUT2D eigenvalue weighted by atomic mass is 16.6. The van der Waals surface area contributed by atoms with Crippen LogP contribution >= 0.6 is 0 Å². The van der Waals surface area contributed by atoms with Gasteiger partial charge in [0.1, 0.15) is 23.9 Å². The summed E-state index contributed by atoms with van der Waals surface area (Å²) in [5.74, 6) is -0.962. The predicted octanol–water partition coefficient (Wildman–Crippen LogP) is 4.91. The number of hydrogen-bond donors (Lipinski definition) is 3. The monoisotopic (exact) mass is 557 g/mol. The molecule has 218 valence electrons. The summed E-state index contributed by atoms with van der Waals surface area (Å²) >= 11 is 0. The molecule has 0 aromatic heterocycles. The first-order valence-corrected chi connectivity index (χ1v) is 12.8. The Morgan fingerprint density at radius 1 is 0.725 bits per heavy atom. The Hall–Kier alpha value is -4.12. The van der Waals surface area contributed by atoms with E-state index in [1.165, 1.54) is 7.11 Å². The molecule has 0 fully saturated rings. The summed E-state index contributed by atoms with van der Waals surface area (Å²) < 4.78 is 20.5. The van der Waals surface area contributed by atoms with Crippen LogP contribution in [-0.4, -0.2) is 61.6 Å². The zero-order valence-corrected chi connectivity index (χ0v) is 24.1. The van der Waals surface area contributed by atoms with Gasteiger partial charge in [0.15, 0.2) is 0 Å². The lowest BCUT2D eigenvalue weighted by Crippen LogP contribution is -2.47. The second-order valence-corrected chi connectivity index (χ2v) is 10.9. The van der Waals surface area contributed by atoms with Crippen molar-refractivity contribution >= 4 is 35.4 Å². The number of benzene rings is 2. The van der Waals surface area contributed by atoms with Crippen molar-refractivity contribution in [2.24, 2.45) is 0 Å². The molecule has 0 aliphatic rings. The lowest BCUT2D eigenvalue weighted by molar-refractivity contribution is -0.118. The molecule has 0 spiro atoms. The maximum absolute atomic E-state index is 13.2. The zero-order chi connectivity index (χ0) is 29.9. The summed E-state index contributed by atoms with van der Waals surface area (Å²) in [5.41, 5.74) is 0.597. The molecule has 1 unspecified atom stereocenters. The van der Waals surface area contributed by atoms with Gasteiger partial charge < -0.3 is 29.6 Å². The second kappa shape index (κ2) is 14.3. The number of esters is 1. The third kappa shape index (κ3) is 12.2. The van der Waals surface area contributed by atoms with Gasteiger partial charge in [0.25, 0.3) is 0 Å². The van der Waals surface area contributed by atoms with Crippen LogP contribution in [0, 0.1) is 0 Å². The van der Waals surface area contributed by atoms with Crippen LogP contribution in [-0.2, 0) is 30.2 Å². The van der Waals surface area contributed by atoms with E-state index in [0.717, 1.165) is 5.56 Å². The van der Waals surface area contributed by atoms with E-state index in [1.54, 1.807) is 90.1 Å². The van der Waals surface area contributed by atoms with Crippen LogP contribution < -0.4 is 16.0 Å². The third-order valence-corrected chi connectivity index (χ3v) is 4.96. The van der Waals surface area contributed by atoms with Gasteiger partial charge in [-0.05, 0) is 83.5 Å². The first-order chi connectivity index (χ1) is 18.6. The number of amides is 3. The molecular weight excluding hydrogens is 518 g/mol. The van der Waals surface area contributed by atoms with Crippen LogP contribution in [0.4, 0.5) is 21.0 Å². The molecule has 0 radical (unpaired) electrons. The van der Waals surface area contributed by atoms with E-state index >= 15 is 0 Å². The van der Waals surface area contributed by atoms with Crippen molar-refractivity contribution < 1.29 is 38.1 Å². The van der Waals surface area contributed by atoms with E-state index in [9.17, 15) is 19.2 Å². The van der Waals surface area contributed by atoms with Crippen molar-refractivity contribution in [3.05, 3.63) is 59.7 Å². The summed E-state index contributed by atoms with van der Waals surface area (Å²) in [6.45, 7) is 10.9. The lowest BCUT2D eigenvalue weighted by Gasteiger charge is -2.23. The van der Waals surface area contributed by atoms with Gasteiger partial charge in [0.05, 0.1) is 12.2 Å².